The maximum atomic E-state index is 12.9. The summed E-state index contributed by atoms with van der Waals surface area (Å²) >= 11 is 6.70. The van der Waals surface area contributed by atoms with Crippen molar-refractivity contribution in [3.05, 3.63) is 34.9 Å². The lowest BCUT2D eigenvalue weighted by Gasteiger charge is -2.26. The molecule has 0 atom stereocenters. The Kier molecular flexibility index (Phi) is 7.87. The van der Waals surface area contributed by atoms with E-state index in [1.54, 1.807) is 7.11 Å². The van der Waals surface area contributed by atoms with Gasteiger partial charge in [0.2, 0.25) is 0 Å². The van der Waals surface area contributed by atoms with Gasteiger partial charge in [-0.25, -0.2) is 4.98 Å². The number of hydrogen-bond acceptors (Lipinski definition) is 4. The Morgan fingerprint density at radius 3 is 2.61 bits per heavy atom. The predicted molar refractivity (Wildman–Crippen MR) is 127 cm³/mol. The topological polar surface area (TPSA) is 68.2 Å². The molecule has 1 aliphatic rings. The van der Waals surface area contributed by atoms with Crippen molar-refractivity contribution in [3.63, 3.8) is 0 Å². The predicted octanol–water partition coefficient (Wildman–Crippen LogP) is 5.47. The van der Waals surface area contributed by atoms with Gasteiger partial charge in [0.1, 0.15) is 16.7 Å². The zero-order chi connectivity index (χ0) is 22.5. The number of nitrogens with zero attached hydrogens (tertiary/aromatic N) is 2. The Bertz CT molecular complexity index is 901. The molecule has 1 fully saturated rings. The van der Waals surface area contributed by atoms with Crippen LogP contribution in [0.5, 0.6) is 5.75 Å². The number of carbonyl (C=O) groups excluding carboxylic acids is 1. The third-order valence-electron chi connectivity index (χ3n) is 5.98. The maximum absolute atomic E-state index is 12.9. The van der Waals surface area contributed by atoms with E-state index in [1.807, 2.05) is 29.7 Å². The van der Waals surface area contributed by atoms with Gasteiger partial charge in [0.15, 0.2) is 5.69 Å². The summed E-state index contributed by atoms with van der Waals surface area (Å²) in [6.45, 7) is 9.14. The van der Waals surface area contributed by atoms with Crippen molar-refractivity contribution in [1.29, 1.82) is 0 Å². The molecular weight excluding hydrogens is 412 g/mol. The highest BCUT2D eigenvalue weighted by Crippen LogP contribution is 2.33. The maximum Gasteiger partial charge on any atom is 0.273 e. The summed E-state index contributed by atoms with van der Waals surface area (Å²) in [5.41, 5.74) is 2.00. The van der Waals surface area contributed by atoms with E-state index in [2.05, 4.69) is 36.4 Å². The Morgan fingerprint density at radius 1 is 1.29 bits per heavy atom. The number of aromatic nitrogens is 2. The van der Waals surface area contributed by atoms with Crippen molar-refractivity contribution >= 4 is 23.2 Å². The van der Waals surface area contributed by atoms with Crippen molar-refractivity contribution in [3.8, 4) is 11.4 Å². The molecule has 0 unspecified atom stereocenters. The number of anilines is 1. The summed E-state index contributed by atoms with van der Waals surface area (Å²) in [6.07, 6.45) is 5.44. The van der Waals surface area contributed by atoms with Crippen LogP contribution in [-0.2, 0) is 6.42 Å². The Hall–Kier alpha value is -2.21. The molecule has 0 spiro atoms. The molecule has 1 amide bonds. The molecule has 0 bridgehead atoms. The van der Waals surface area contributed by atoms with Crippen molar-refractivity contribution in [2.75, 3.05) is 19.0 Å². The standard InChI is InChI=1S/C24H35ClN4O2/c1-6-21-28-22(24(30)26-14-17-9-7-16(4)8-10-17)23(25)29(21)19-12-11-18(27-15(2)3)13-20(19)31-5/h11-13,15-17,27H,6-10,14H2,1-5H3,(H,26,30). The number of carbonyl (C=O) groups is 1. The van der Waals surface area contributed by atoms with Crippen LogP contribution < -0.4 is 15.4 Å². The third kappa shape index (κ3) is 5.53. The molecule has 7 heteroatoms. The molecule has 1 aromatic carbocycles. The molecule has 1 aromatic heterocycles. The van der Waals surface area contributed by atoms with Gasteiger partial charge >= 0.3 is 0 Å². The van der Waals surface area contributed by atoms with Crippen molar-refractivity contribution in [1.82, 2.24) is 14.9 Å². The number of methoxy groups -OCH3 is 1. The Labute approximate surface area is 190 Å². The molecule has 1 saturated carbocycles. The van der Waals surface area contributed by atoms with Crippen LogP contribution in [-0.4, -0.2) is 35.2 Å². The zero-order valence-electron chi connectivity index (χ0n) is 19.3. The molecular formula is C24H35ClN4O2. The number of aryl methyl sites for hydroxylation is 1. The van der Waals surface area contributed by atoms with Crippen molar-refractivity contribution in [2.45, 2.75) is 65.8 Å². The van der Waals surface area contributed by atoms with Crippen LogP contribution in [0.3, 0.4) is 0 Å². The van der Waals surface area contributed by atoms with Crippen LogP contribution in [0.4, 0.5) is 5.69 Å². The second kappa shape index (κ2) is 10.4. The number of imidazole rings is 1. The summed E-state index contributed by atoms with van der Waals surface area (Å²) in [4.78, 5) is 17.5. The van der Waals surface area contributed by atoms with Gasteiger partial charge in [0, 0.05) is 30.8 Å². The van der Waals surface area contributed by atoms with Crippen molar-refractivity contribution < 1.29 is 9.53 Å². The van der Waals surface area contributed by atoms with Gasteiger partial charge in [-0.15, -0.1) is 0 Å². The fraction of sp³-hybridized carbons (Fsp3) is 0.583. The minimum absolute atomic E-state index is 0.214. The number of halogens is 1. The first kappa shape index (κ1) is 23.5. The second-order valence-corrected chi connectivity index (χ2v) is 9.24. The first-order valence-electron chi connectivity index (χ1n) is 11.3. The molecule has 0 aliphatic heterocycles. The smallest absolute Gasteiger partial charge is 0.273 e. The fourth-order valence-corrected chi connectivity index (χ4v) is 4.53. The molecule has 1 aliphatic carbocycles. The van der Waals surface area contributed by atoms with E-state index in [-0.39, 0.29) is 11.6 Å². The lowest BCUT2D eigenvalue weighted by Crippen LogP contribution is -2.31. The van der Waals surface area contributed by atoms with E-state index in [0.29, 0.717) is 35.8 Å². The summed E-state index contributed by atoms with van der Waals surface area (Å²) in [7, 11) is 1.63. The first-order valence-corrected chi connectivity index (χ1v) is 11.7. The van der Waals surface area contributed by atoms with Gasteiger partial charge in [0.25, 0.3) is 5.91 Å². The van der Waals surface area contributed by atoms with E-state index in [4.69, 9.17) is 16.3 Å². The van der Waals surface area contributed by atoms with E-state index in [9.17, 15) is 4.79 Å². The average molecular weight is 447 g/mol. The molecule has 2 N–H and O–H groups in total. The quantitative estimate of drug-likeness (QED) is 0.563. The fourth-order valence-electron chi connectivity index (χ4n) is 4.21. The highest BCUT2D eigenvalue weighted by Gasteiger charge is 2.25. The Morgan fingerprint density at radius 2 is 2.00 bits per heavy atom. The first-order chi connectivity index (χ1) is 14.8. The Balaban J connectivity index is 1.83. The van der Waals surface area contributed by atoms with Crippen LogP contribution in [0, 0.1) is 11.8 Å². The minimum Gasteiger partial charge on any atom is -0.494 e. The minimum atomic E-state index is -0.214. The second-order valence-electron chi connectivity index (χ2n) is 8.88. The van der Waals surface area contributed by atoms with Gasteiger partial charge < -0.3 is 15.4 Å². The highest BCUT2D eigenvalue weighted by atomic mass is 35.5. The average Bonchev–Trinajstić information content (AvgIpc) is 3.08. The zero-order valence-corrected chi connectivity index (χ0v) is 20.1. The largest absolute Gasteiger partial charge is 0.494 e. The van der Waals surface area contributed by atoms with Crippen LogP contribution in [0.2, 0.25) is 5.15 Å². The molecule has 170 valence electrons. The van der Waals surface area contributed by atoms with Gasteiger partial charge in [-0.1, -0.05) is 38.3 Å². The van der Waals surface area contributed by atoms with Gasteiger partial charge in [0.05, 0.1) is 12.8 Å². The number of nitrogens with one attached hydrogen (secondary N) is 2. The molecule has 1 heterocycles. The summed E-state index contributed by atoms with van der Waals surface area (Å²) < 4.78 is 7.45. The van der Waals surface area contributed by atoms with Crippen LogP contribution in [0.25, 0.3) is 5.69 Å². The van der Waals surface area contributed by atoms with Crippen LogP contribution in [0.1, 0.15) is 69.7 Å². The third-order valence-corrected chi connectivity index (χ3v) is 6.33. The van der Waals surface area contributed by atoms with Gasteiger partial charge in [-0.05, 0) is 50.7 Å². The number of amides is 1. The molecule has 0 saturated heterocycles. The SMILES string of the molecule is CCc1nc(C(=O)NCC2CCC(C)CC2)c(Cl)n1-c1ccc(NC(C)C)cc1OC. The van der Waals surface area contributed by atoms with E-state index >= 15 is 0 Å². The number of hydrogen-bond donors (Lipinski definition) is 2. The van der Waals surface area contributed by atoms with E-state index in [0.717, 1.165) is 36.0 Å². The van der Waals surface area contributed by atoms with Crippen LogP contribution >= 0.6 is 11.6 Å². The molecule has 6 nitrogen and oxygen atoms in total. The summed E-state index contributed by atoms with van der Waals surface area (Å²) in [5, 5.41) is 6.75. The van der Waals surface area contributed by atoms with Gasteiger partial charge in [-0.2, -0.15) is 0 Å². The highest BCUT2D eigenvalue weighted by molar-refractivity contribution is 6.33. The summed E-state index contributed by atoms with van der Waals surface area (Å²) in [5.74, 6) is 2.51. The van der Waals surface area contributed by atoms with Gasteiger partial charge in [-0.3, -0.25) is 9.36 Å². The summed E-state index contributed by atoms with van der Waals surface area (Å²) in [6, 6.07) is 6.18. The normalized spacial score (nSPS) is 18.8. The number of rotatable bonds is 8. The van der Waals surface area contributed by atoms with Crippen LogP contribution in [0.15, 0.2) is 18.2 Å². The molecule has 2 aromatic rings. The molecule has 31 heavy (non-hydrogen) atoms. The van der Waals surface area contributed by atoms with Crippen molar-refractivity contribution in [2.24, 2.45) is 11.8 Å². The molecule has 0 radical (unpaired) electrons. The molecule has 3 rings (SSSR count). The monoisotopic (exact) mass is 446 g/mol. The number of ether oxygens (including phenoxy) is 1. The van der Waals surface area contributed by atoms with E-state index in [1.165, 1.54) is 12.8 Å². The lowest BCUT2D eigenvalue weighted by molar-refractivity contribution is 0.0937. The lowest BCUT2D eigenvalue weighted by atomic mass is 9.83. The van der Waals surface area contributed by atoms with E-state index < -0.39 is 0 Å². The number of benzene rings is 1.